The highest BCUT2D eigenvalue weighted by atomic mass is 16.1. The van der Waals surface area contributed by atoms with Crippen LogP contribution >= 0.6 is 0 Å². The van der Waals surface area contributed by atoms with Gasteiger partial charge in [-0.3, -0.25) is 14.8 Å². The third-order valence-corrected chi connectivity index (χ3v) is 5.86. The van der Waals surface area contributed by atoms with Crippen LogP contribution in [0.3, 0.4) is 0 Å². The van der Waals surface area contributed by atoms with Crippen LogP contribution in [0.5, 0.6) is 0 Å². The van der Waals surface area contributed by atoms with Crippen molar-refractivity contribution in [2.45, 2.75) is 13.8 Å². The van der Waals surface area contributed by atoms with E-state index in [9.17, 15) is 4.79 Å². The van der Waals surface area contributed by atoms with Gasteiger partial charge in [-0.05, 0) is 86.1 Å². The zero-order valence-corrected chi connectivity index (χ0v) is 19.5. The van der Waals surface area contributed by atoms with Gasteiger partial charge in [0.2, 0.25) is 0 Å². The summed E-state index contributed by atoms with van der Waals surface area (Å²) in [5.74, 6) is -0.161. The van der Waals surface area contributed by atoms with Gasteiger partial charge in [0.25, 0.3) is 5.91 Å². The molecule has 0 aliphatic heterocycles. The molecular formula is C29H25N5O. The van der Waals surface area contributed by atoms with Crippen molar-refractivity contribution in [3.8, 4) is 0 Å². The summed E-state index contributed by atoms with van der Waals surface area (Å²) in [5, 5.41) is 10.9. The number of carbonyl (C=O) groups is 1. The van der Waals surface area contributed by atoms with Crippen LogP contribution in [-0.2, 0) is 0 Å². The molecule has 0 atom stereocenters. The number of amides is 1. The van der Waals surface area contributed by atoms with Crippen LogP contribution < -0.4 is 16.0 Å². The Morgan fingerprint density at radius 3 is 2.23 bits per heavy atom. The van der Waals surface area contributed by atoms with Crippen LogP contribution in [-0.4, -0.2) is 15.9 Å². The number of aromatic nitrogens is 2. The fourth-order valence-electron chi connectivity index (χ4n) is 3.92. The zero-order valence-electron chi connectivity index (χ0n) is 19.5. The van der Waals surface area contributed by atoms with E-state index in [4.69, 9.17) is 0 Å². The van der Waals surface area contributed by atoms with Gasteiger partial charge in [0, 0.05) is 58.0 Å². The molecule has 0 fully saturated rings. The number of fused-ring (bicyclic) bond motifs is 1. The minimum absolute atomic E-state index is 0.161. The quantitative estimate of drug-likeness (QED) is 0.255. The lowest BCUT2D eigenvalue weighted by molar-refractivity contribution is 0.102. The number of benzene rings is 3. The van der Waals surface area contributed by atoms with Crippen molar-refractivity contribution in [1.82, 2.24) is 9.97 Å². The van der Waals surface area contributed by atoms with Gasteiger partial charge in [-0.15, -0.1) is 0 Å². The lowest BCUT2D eigenvalue weighted by atomic mass is 10.1. The number of hydrogen-bond donors (Lipinski definition) is 3. The topological polar surface area (TPSA) is 78.9 Å². The van der Waals surface area contributed by atoms with E-state index >= 15 is 0 Å². The highest BCUT2D eigenvalue weighted by molar-refractivity contribution is 6.05. The fourth-order valence-corrected chi connectivity index (χ4v) is 3.92. The summed E-state index contributed by atoms with van der Waals surface area (Å²) in [7, 11) is 0. The number of aryl methyl sites for hydroxylation is 1. The maximum absolute atomic E-state index is 12.9. The standard InChI is InChI=1S/C29H25N5O/c1-19-6-11-27-24(18-19)28(14-17-31-27)33-22-9-7-21(8-10-22)29(35)34-26-5-3-4-25(20(26)2)32-23-12-15-30-16-13-23/h3-18H,1-2H3,(H,30,32)(H,31,33)(H,34,35). The van der Waals surface area contributed by atoms with Crippen LogP contribution in [0.4, 0.5) is 28.4 Å². The Kier molecular flexibility index (Phi) is 6.09. The van der Waals surface area contributed by atoms with E-state index in [0.29, 0.717) is 5.56 Å². The number of nitrogens with one attached hydrogen (secondary N) is 3. The molecule has 5 aromatic rings. The first kappa shape index (κ1) is 22.1. The van der Waals surface area contributed by atoms with E-state index in [1.54, 1.807) is 18.6 Å². The number of nitrogens with zero attached hydrogens (tertiary/aromatic N) is 2. The minimum atomic E-state index is -0.161. The summed E-state index contributed by atoms with van der Waals surface area (Å²) in [4.78, 5) is 21.4. The second-order valence-corrected chi connectivity index (χ2v) is 8.37. The summed E-state index contributed by atoms with van der Waals surface area (Å²) in [6.07, 6.45) is 5.27. The Bertz CT molecular complexity index is 1500. The molecule has 0 bridgehead atoms. The minimum Gasteiger partial charge on any atom is -0.355 e. The molecular weight excluding hydrogens is 434 g/mol. The Labute approximate surface area is 204 Å². The summed E-state index contributed by atoms with van der Waals surface area (Å²) in [5.41, 5.74) is 8.15. The average molecular weight is 460 g/mol. The molecule has 5 rings (SSSR count). The van der Waals surface area contributed by atoms with Crippen LogP contribution in [0.25, 0.3) is 10.9 Å². The van der Waals surface area contributed by atoms with E-state index in [1.165, 1.54) is 5.56 Å². The summed E-state index contributed by atoms with van der Waals surface area (Å²) in [6, 6.07) is 25.2. The van der Waals surface area contributed by atoms with E-state index in [1.807, 2.05) is 73.7 Å². The van der Waals surface area contributed by atoms with E-state index in [2.05, 4.69) is 45.0 Å². The van der Waals surface area contributed by atoms with Crippen molar-refractivity contribution in [2.24, 2.45) is 0 Å². The summed E-state index contributed by atoms with van der Waals surface area (Å²) < 4.78 is 0. The van der Waals surface area contributed by atoms with Gasteiger partial charge in [0.15, 0.2) is 0 Å². The molecule has 0 spiro atoms. The summed E-state index contributed by atoms with van der Waals surface area (Å²) >= 11 is 0. The molecule has 0 saturated heterocycles. The highest BCUT2D eigenvalue weighted by Crippen LogP contribution is 2.28. The van der Waals surface area contributed by atoms with Gasteiger partial charge in [0.1, 0.15) is 0 Å². The van der Waals surface area contributed by atoms with Crippen molar-refractivity contribution in [3.05, 3.63) is 114 Å². The van der Waals surface area contributed by atoms with Crippen molar-refractivity contribution < 1.29 is 4.79 Å². The molecule has 2 aromatic heterocycles. The van der Waals surface area contributed by atoms with Gasteiger partial charge in [-0.1, -0.05) is 17.7 Å². The van der Waals surface area contributed by atoms with Crippen molar-refractivity contribution in [1.29, 1.82) is 0 Å². The smallest absolute Gasteiger partial charge is 0.255 e. The highest BCUT2D eigenvalue weighted by Gasteiger charge is 2.11. The molecule has 3 N–H and O–H groups in total. The van der Waals surface area contributed by atoms with Crippen LogP contribution in [0.1, 0.15) is 21.5 Å². The van der Waals surface area contributed by atoms with E-state index in [-0.39, 0.29) is 5.91 Å². The first-order chi connectivity index (χ1) is 17.1. The average Bonchev–Trinajstić information content (AvgIpc) is 2.88. The molecule has 2 heterocycles. The van der Waals surface area contributed by atoms with Crippen molar-refractivity contribution in [2.75, 3.05) is 16.0 Å². The van der Waals surface area contributed by atoms with Gasteiger partial charge in [-0.25, -0.2) is 0 Å². The first-order valence-corrected chi connectivity index (χ1v) is 11.4. The lowest BCUT2D eigenvalue weighted by Gasteiger charge is -2.14. The summed E-state index contributed by atoms with van der Waals surface area (Å²) in [6.45, 7) is 4.04. The largest absolute Gasteiger partial charge is 0.355 e. The van der Waals surface area contributed by atoms with Gasteiger partial charge in [-0.2, -0.15) is 0 Å². The Morgan fingerprint density at radius 2 is 1.43 bits per heavy atom. The van der Waals surface area contributed by atoms with Crippen LogP contribution in [0, 0.1) is 13.8 Å². The predicted octanol–water partition coefficient (Wildman–Crippen LogP) is 6.99. The monoisotopic (exact) mass is 459 g/mol. The Morgan fingerprint density at radius 1 is 0.714 bits per heavy atom. The van der Waals surface area contributed by atoms with E-state index < -0.39 is 0 Å². The molecule has 0 saturated carbocycles. The third-order valence-electron chi connectivity index (χ3n) is 5.86. The number of hydrogen-bond acceptors (Lipinski definition) is 5. The third kappa shape index (κ3) is 4.96. The fraction of sp³-hybridized carbons (Fsp3) is 0.0690. The Hall–Kier alpha value is -4.71. The van der Waals surface area contributed by atoms with Crippen LogP contribution in [0.15, 0.2) is 97.5 Å². The number of pyridine rings is 2. The zero-order chi connectivity index (χ0) is 24.2. The van der Waals surface area contributed by atoms with Gasteiger partial charge < -0.3 is 16.0 Å². The van der Waals surface area contributed by atoms with Crippen molar-refractivity contribution >= 4 is 45.2 Å². The lowest BCUT2D eigenvalue weighted by Crippen LogP contribution is -2.13. The van der Waals surface area contributed by atoms with Gasteiger partial charge >= 0.3 is 0 Å². The molecule has 0 aliphatic carbocycles. The van der Waals surface area contributed by atoms with Crippen LogP contribution in [0.2, 0.25) is 0 Å². The normalized spacial score (nSPS) is 10.7. The molecule has 0 unspecified atom stereocenters. The maximum Gasteiger partial charge on any atom is 0.255 e. The molecule has 0 aliphatic rings. The number of rotatable bonds is 6. The second-order valence-electron chi connectivity index (χ2n) is 8.37. The molecule has 6 nitrogen and oxygen atoms in total. The van der Waals surface area contributed by atoms with Gasteiger partial charge in [0.05, 0.1) is 5.52 Å². The van der Waals surface area contributed by atoms with Crippen molar-refractivity contribution in [3.63, 3.8) is 0 Å². The molecule has 6 heteroatoms. The predicted molar refractivity (Wildman–Crippen MR) is 143 cm³/mol. The molecule has 35 heavy (non-hydrogen) atoms. The first-order valence-electron chi connectivity index (χ1n) is 11.4. The number of carbonyl (C=O) groups excluding carboxylic acids is 1. The Balaban J connectivity index is 1.30. The maximum atomic E-state index is 12.9. The second kappa shape index (κ2) is 9.65. The molecule has 0 radical (unpaired) electrons. The molecule has 1 amide bonds. The SMILES string of the molecule is Cc1ccc2nccc(Nc3ccc(C(=O)Nc4cccc(Nc5ccncc5)c4C)cc3)c2c1. The molecule has 3 aromatic carbocycles. The van der Waals surface area contributed by atoms with E-state index in [0.717, 1.165) is 44.9 Å². The molecule has 172 valence electrons. The number of anilines is 5.